The minimum atomic E-state index is -0.857. The third-order valence-electron chi connectivity index (χ3n) is 3.81. The summed E-state index contributed by atoms with van der Waals surface area (Å²) >= 11 is 0. The van der Waals surface area contributed by atoms with Crippen LogP contribution in [0.4, 0.5) is 0 Å². The second kappa shape index (κ2) is 6.06. The van der Waals surface area contributed by atoms with Crippen molar-refractivity contribution in [2.45, 2.75) is 51.0 Å². The molecule has 1 aliphatic carbocycles. The number of rotatable bonds is 4. The Balaban J connectivity index is 2.20. The Bertz CT molecular complexity index is 471. The first-order valence-corrected chi connectivity index (χ1v) is 6.90. The molecule has 1 aliphatic rings. The lowest BCUT2D eigenvalue weighted by Crippen LogP contribution is -2.13. The lowest BCUT2D eigenvalue weighted by molar-refractivity contribution is -0.137. The first-order valence-electron chi connectivity index (χ1n) is 6.90. The average Bonchev–Trinajstić information content (AvgIpc) is 2.59. The van der Waals surface area contributed by atoms with Crippen LogP contribution in [-0.4, -0.2) is 16.2 Å². The number of phenols is 1. The van der Waals surface area contributed by atoms with Crippen LogP contribution in [0.1, 0.15) is 54.8 Å². The molecule has 1 unspecified atom stereocenters. The number of aryl methyl sites for hydroxylation is 2. The largest absolute Gasteiger partial charge is 0.508 e. The number of phenolic OH excluding ortho intramolecular Hbond substituents is 1. The van der Waals surface area contributed by atoms with Crippen LogP contribution in [0.25, 0.3) is 0 Å². The minimum absolute atomic E-state index is 0.0255. The number of carboxylic acid groups (broad SMARTS) is 1. The summed E-state index contributed by atoms with van der Waals surface area (Å²) in [5, 5.41) is 18.8. The van der Waals surface area contributed by atoms with Gasteiger partial charge in [-0.1, -0.05) is 12.5 Å². The monoisotopic (exact) mass is 263 g/mol. The van der Waals surface area contributed by atoms with Gasteiger partial charge in [-0.3, -0.25) is 4.79 Å². The normalized spacial score (nSPS) is 16.5. The molecule has 0 bridgehead atoms. The van der Waals surface area contributed by atoms with Crippen LogP contribution < -0.4 is 5.73 Å². The minimum Gasteiger partial charge on any atom is -0.508 e. The summed E-state index contributed by atoms with van der Waals surface area (Å²) in [4.78, 5) is 10.6. The molecule has 0 heterocycles. The van der Waals surface area contributed by atoms with Crippen molar-refractivity contribution in [2.75, 3.05) is 0 Å². The lowest BCUT2D eigenvalue weighted by Gasteiger charge is -2.16. The molecule has 0 spiro atoms. The Morgan fingerprint density at radius 1 is 1.21 bits per heavy atom. The third-order valence-corrected chi connectivity index (χ3v) is 3.81. The quantitative estimate of drug-likeness (QED) is 0.729. The van der Waals surface area contributed by atoms with Crippen molar-refractivity contribution in [3.63, 3.8) is 0 Å². The lowest BCUT2D eigenvalue weighted by atomic mass is 9.94. The van der Waals surface area contributed by atoms with Crippen LogP contribution in [0.15, 0.2) is 12.1 Å². The third kappa shape index (κ3) is 3.47. The maximum Gasteiger partial charge on any atom is 0.303 e. The topological polar surface area (TPSA) is 83.6 Å². The summed E-state index contributed by atoms with van der Waals surface area (Å²) in [5.41, 5.74) is 9.15. The van der Waals surface area contributed by atoms with E-state index >= 15 is 0 Å². The molecule has 0 saturated carbocycles. The maximum absolute atomic E-state index is 10.6. The second-order valence-corrected chi connectivity index (χ2v) is 5.28. The number of nitrogens with two attached hydrogens (primary N) is 1. The van der Waals surface area contributed by atoms with Gasteiger partial charge in [0.05, 0.1) is 0 Å². The van der Waals surface area contributed by atoms with Gasteiger partial charge in [0, 0.05) is 18.0 Å². The molecular formula is C15H21NO3. The fourth-order valence-electron chi connectivity index (χ4n) is 2.70. The van der Waals surface area contributed by atoms with Gasteiger partial charge in [0.15, 0.2) is 0 Å². The molecule has 104 valence electrons. The number of benzene rings is 1. The van der Waals surface area contributed by atoms with Crippen molar-refractivity contribution in [3.05, 3.63) is 28.8 Å². The molecule has 0 saturated heterocycles. The fourth-order valence-corrected chi connectivity index (χ4v) is 2.70. The average molecular weight is 263 g/mol. The Hall–Kier alpha value is -1.55. The fraction of sp³-hybridized carbons (Fsp3) is 0.533. The van der Waals surface area contributed by atoms with Crippen LogP contribution in [0.5, 0.6) is 5.75 Å². The second-order valence-electron chi connectivity index (χ2n) is 5.28. The number of hydrogen-bond acceptors (Lipinski definition) is 3. The summed E-state index contributed by atoms with van der Waals surface area (Å²) in [6.07, 6.45) is 5.95. The van der Waals surface area contributed by atoms with E-state index in [1.807, 2.05) is 12.1 Å². The zero-order valence-electron chi connectivity index (χ0n) is 11.1. The van der Waals surface area contributed by atoms with Gasteiger partial charge in [-0.25, -0.2) is 0 Å². The molecule has 4 N–H and O–H groups in total. The number of carbonyl (C=O) groups is 1. The highest BCUT2D eigenvalue weighted by Crippen LogP contribution is 2.32. The number of hydrogen-bond donors (Lipinski definition) is 3. The number of aliphatic carboxylic acids is 1. The number of fused-ring (bicyclic) bond motifs is 1. The zero-order valence-corrected chi connectivity index (χ0v) is 11.1. The van der Waals surface area contributed by atoms with Crippen LogP contribution in [-0.2, 0) is 17.6 Å². The predicted molar refractivity (Wildman–Crippen MR) is 73.2 cm³/mol. The highest BCUT2D eigenvalue weighted by molar-refractivity contribution is 5.66. The summed E-state index contributed by atoms with van der Waals surface area (Å²) in [7, 11) is 0. The Morgan fingerprint density at radius 2 is 1.84 bits per heavy atom. The van der Waals surface area contributed by atoms with Crippen molar-refractivity contribution in [1.82, 2.24) is 0 Å². The smallest absolute Gasteiger partial charge is 0.303 e. The first-order chi connectivity index (χ1) is 9.08. The summed E-state index contributed by atoms with van der Waals surface area (Å²) in [5.74, 6) is -0.650. The van der Waals surface area contributed by atoms with Crippen LogP contribution >= 0.6 is 0 Å². The molecule has 2 rings (SSSR count). The van der Waals surface area contributed by atoms with Crippen molar-refractivity contribution in [1.29, 1.82) is 0 Å². The molecule has 4 heteroatoms. The van der Waals surface area contributed by atoms with Crippen molar-refractivity contribution in [3.8, 4) is 5.75 Å². The summed E-state index contributed by atoms with van der Waals surface area (Å²) < 4.78 is 0. The van der Waals surface area contributed by atoms with E-state index in [0.717, 1.165) is 19.3 Å². The molecule has 1 aromatic rings. The van der Waals surface area contributed by atoms with E-state index in [1.165, 1.54) is 24.0 Å². The van der Waals surface area contributed by atoms with Gasteiger partial charge in [0.1, 0.15) is 5.75 Å². The van der Waals surface area contributed by atoms with Gasteiger partial charge < -0.3 is 15.9 Å². The summed E-state index contributed by atoms with van der Waals surface area (Å²) in [6, 6.07) is 3.38. The number of carboxylic acids is 1. The molecule has 19 heavy (non-hydrogen) atoms. The molecule has 4 nitrogen and oxygen atoms in total. The maximum atomic E-state index is 10.6. The van der Waals surface area contributed by atoms with E-state index < -0.39 is 12.0 Å². The van der Waals surface area contributed by atoms with Crippen LogP contribution in [0.3, 0.4) is 0 Å². The first kappa shape index (κ1) is 13.9. The van der Waals surface area contributed by atoms with Gasteiger partial charge >= 0.3 is 5.97 Å². The standard InChI is InChI=1S/C15H21NO3/c16-13(6-7-15(18)19)12-8-10-4-2-1-3-5-11(10)9-14(12)17/h8-9,13,17H,1-7,16H2,(H,18,19). The number of aromatic hydroxyl groups is 1. The van der Waals surface area contributed by atoms with E-state index in [-0.39, 0.29) is 12.2 Å². The van der Waals surface area contributed by atoms with Crippen molar-refractivity contribution >= 4 is 5.97 Å². The van der Waals surface area contributed by atoms with Gasteiger partial charge in [-0.05, 0) is 49.3 Å². The van der Waals surface area contributed by atoms with Crippen molar-refractivity contribution in [2.24, 2.45) is 5.73 Å². The Morgan fingerprint density at radius 3 is 2.47 bits per heavy atom. The van der Waals surface area contributed by atoms with E-state index in [0.29, 0.717) is 12.0 Å². The van der Waals surface area contributed by atoms with Gasteiger partial charge in [0.25, 0.3) is 0 Å². The molecule has 0 radical (unpaired) electrons. The van der Waals surface area contributed by atoms with E-state index in [4.69, 9.17) is 10.8 Å². The molecule has 0 amide bonds. The Kier molecular flexibility index (Phi) is 4.43. The summed E-state index contributed by atoms with van der Waals surface area (Å²) in [6.45, 7) is 0. The van der Waals surface area contributed by atoms with E-state index in [9.17, 15) is 9.90 Å². The molecule has 0 aliphatic heterocycles. The highest BCUT2D eigenvalue weighted by atomic mass is 16.4. The van der Waals surface area contributed by atoms with Crippen LogP contribution in [0, 0.1) is 0 Å². The molecule has 1 atom stereocenters. The van der Waals surface area contributed by atoms with Crippen molar-refractivity contribution < 1.29 is 15.0 Å². The molecule has 0 fully saturated rings. The van der Waals surface area contributed by atoms with E-state index in [1.54, 1.807) is 0 Å². The predicted octanol–water partition coefficient (Wildman–Crippen LogP) is 2.53. The van der Waals surface area contributed by atoms with E-state index in [2.05, 4.69) is 0 Å². The highest BCUT2D eigenvalue weighted by Gasteiger charge is 2.17. The molecule has 0 aromatic heterocycles. The van der Waals surface area contributed by atoms with Gasteiger partial charge in [-0.2, -0.15) is 0 Å². The van der Waals surface area contributed by atoms with Crippen LogP contribution in [0.2, 0.25) is 0 Å². The van der Waals surface area contributed by atoms with Gasteiger partial charge in [0.2, 0.25) is 0 Å². The molecule has 1 aromatic carbocycles. The van der Waals surface area contributed by atoms with Gasteiger partial charge in [-0.15, -0.1) is 0 Å². The zero-order chi connectivity index (χ0) is 13.8. The SMILES string of the molecule is NC(CCC(=O)O)c1cc2c(cc1O)CCCCC2. The Labute approximate surface area is 113 Å². The molecular weight excluding hydrogens is 242 g/mol.